The van der Waals surface area contributed by atoms with Gasteiger partial charge in [0.25, 0.3) is 0 Å². The summed E-state index contributed by atoms with van der Waals surface area (Å²) in [6.07, 6.45) is 5.31. The van der Waals surface area contributed by atoms with Gasteiger partial charge in [-0.2, -0.15) is 0 Å². The highest BCUT2D eigenvalue weighted by Crippen LogP contribution is 2.15. The number of ether oxygens (including phenoxy) is 1. The molecule has 0 bridgehead atoms. The molecular formula is C16H26N4O4S. The molecule has 1 unspecified atom stereocenters. The molecule has 1 saturated heterocycles. The van der Waals surface area contributed by atoms with E-state index in [2.05, 4.69) is 10.3 Å². The molecule has 8 nitrogen and oxygen atoms in total. The average Bonchev–Trinajstić information content (AvgIpc) is 3.08. The Morgan fingerprint density at radius 3 is 2.68 bits per heavy atom. The number of hydrogen-bond acceptors (Lipinski definition) is 5. The number of sulfonamides is 1. The minimum absolute atomic E-state index is 0.0260. The Balaban J connectivity index is 1.94. The van der Waals surface area contributed by atoms with Gasteiger partial charge in [0.1, 0.15) is 0 Å². The maximum absolute atomic E-state index is 12.5. The van der Waals surface area contributed by atoms with E-state index >= 15 is 0 Å². The Morgan fingerprint density at radius 1 is 1.36 bits per heavy atom. The van der Waals surface area contributed by atoms with Gasteiger partial charge in [0.05, 0.1) is 11.9 Å². The van der Waals surface area contributed by atoms with E-state index in [9.17, 15) is 13.2 Å². The first-order valence-corrected chi connectivity index (χ1v) is 9.93. The molecule has 1 fully saturated rings. The van der Waals surface area contributed by atoms with Crippen LogP contribution in [0.3, 0.4) is 0 Å². The second-order valence-electron chi connectivity index (χ2n) is 6.20. The Bertz CT molecular complexity index is 645. The number of amides is 2. The highest BCUT2D eigenvalue weighted by molar-refractivity contribution is 7.89. The zero-order valence-electron chi connectivity index (χ0n) is 14.7. The van der Waals surface area contributed by atoms with Crippen molar-refractivity contribution in [2.75, 3.05) is 39.5 Å². The largest absolute Gasteiger partial charge is 0.376 e. The van der Waals surface area contributed by atoms with Crippen molar-refractivity contribution in [2.24, 2.45) is 0 Å². The van der Waals surface area contributed by atoms with E-state index in [1.54, 1.807) is 17.3 Å². The van der Waals surface area contributed by atoms with Crippen molar-refractivity contribution in [2.45, 2.75) is 25.5 Å². The summed E-state index contributed by atoms with van der Waals surface area (Å²) in [4.78, 5) is 18.2. The smallest absolute Gasteiger partial charge is 0.317 e. The molecule has 2 heterocycles. The average molecular weight is 370 g/mol. The summed E-state index contributed by atoms with van der Waals surface area (Å²) in [6, 6.07) is 3.42. The first-order valence-electron chi connectivity index (χ1n) is 8.32. The lowest BCUT2D eigenvalue weighted by molar-refractivity contribution is 0.0796. The summed E-state index contributed by atoms with van der Waals surface area (Å²) in [7, 11) is -0.381. The minimum Gasteiger partial charge on any atom is -0.376 e. The third-order valence-electron chi connectivity index (χ3n) is 4.05. The number of carbonyl (C=O) groups is 1. The molecular weight excluding hydrogens is 344 g/mol. The van der Waals surface area contributed by atoms with Crippen LogP contribution in [0.15, 0.2) is 24.5 Å². The van der Waals surface area contributed by atoms with Crippen molar-refractivity contribution in [3.63, 3.8) is 0 Å². The van der Waals surface area contributed by atoms with Crippen LogP contribution in [0.1, 0.15) is 18.4 Å². The molecule has 1 aromatic heterocycles. The van der Waals surface area contributed by atoms with Gasteiger partial charge >= 0.3 is 6.03 Å². The van der Waals surface area contributed by atoms with Crippen molar-refractivity contribution in [3.05, 3.63) is 30.1 Å². The van der Waals surface area contributed by atoms with Gasteiger partial charge in [-0.15, -0.1) is 0 Å². The van der Waals surface area contributed by atoms with Crippen LogP contribution in [0.5, 0.6) is 0 Å². The van der Waals surface area contributed by atoms with Crippen molar-refractivity contribution in [1.29, 1.82) is 0 Å². The molecule has 1 aromatic rings. The Kier molecular flexibility index (Phi) is 7.15. The summed E-state index contributed by atoms with van der Waals surface area (Å²) in [6.45, 7) is 1.69. The van der Waals surface area contributed by atoms with Crippen LogP contribution in [0.25, 0.3) is 0 Å². The number of urea groups is 1. The molecule has 0 saturated carbocycles. The van der Waals surface area contributed by atoms with Gasteiger partial charge in [0.2, 0.25) is 10.0 Å². The number of carbonyl (C=O) groups excluding carboxylic acids is 1. The first kappa shape index (κ1) is 19.6. The molecule has 0 radical (unpaired) electrons. The lowest BCUT2D eigenvalue weighted by atomic mass is 10.2. The summed E-state index contributed by atoms with van der Waals surface area (Å²) >= 11 is 0. The third kappa shape index (κ3) is 6.26. The van der Waals surface area contributed by atoms with E-state index in [0.29, 0.717) is 13.1 Å². The molecule has 25 heavy (non-hydrogen) atoms. The molecule has 1 aliphatic rings. The molecule has 0 aliphatic carbocycles. The lowest BCUT2D eigenvalue weighted by Gasteiger charge is -2.26. The van der Waals surface area contributed by atoms with Crippen molar-refractivity contribution in [1.82, 2.24) is 19.5 Å². The number of rotatable bonds is 8. The van der Waals surface area contributed by atoms with E-state index in [0.717, 1.165) is 29.3 Å². The molecule has 2 amide bonds. The van der Waals surface area contributed by atoms with Crippen LogP contribution in [0.2, 0.25) is 0 Å². The molecule has 0 spiro atoms. The lowest BCUT2D eigenvalue weighted by Crippen LogP contribution is -2.45. The highest BCUT2D eigenvalue weighted by atomic mass is 32.2. The molecule has 1 N–H and O–H groups in total. The van der Waals surface area contributed by atoms with E-state index in [1.165, 1.54) is 14.1 Å². The summed E-state index contributed by atoms with van der Waals surface area (Å²) in [5.41, 5.74) is 0.962. The predicted octanol–water partition coefficient (Wildman–Crippen LogP) is 0.664. The number of nitrogens with one attached hydrogen (secondary N) is 1. The van der Waals surface area contributed by atoms with Crippen molar-refractivity contribution >= 4 is 16.1 Å². The van der Waals surface area contributed by atoms with Crippen LogP contribution in [-0.2, 0) is 21.3 Å². The van der Waals surface area contributed by atoms with Gasteiger partial charge in [-0.1, -0.05) is 0 Å². The Hall–Kier alpha value is -1.71. The second-order valence-corrected chi connectivity index (χ2v) is 8.50. The van der Waals surface area contributed by atoms with Gasteiger partial charge < -0.3 is 15.0 Å². The van der Waals surface area contributed by atoms with Crippen molar-refractivity contribution in [3.8, 4) is 0 Å². The normalized spacial score (nSPS) is 17.6. The predicted molar refractivity (Wildman–Crippen MR) is 94.5 cm³/mol. The van der Waals surface area contributed by atoms with Gasteiger partial charge in [-0.3, -0.25) is 4.98 Å². The molecule has 140 valence electrons. The fraction of sp³-hybridized carbons (Fsp3) is 0.625. The number of hydrogen-bond donors (Lipinski definition) is 1. The Morgan fingerprint density at radius 2 is 2.08 bits per heavy atom. The van der Waals surface area contributed by atoms with Gasteiger partial charge in [-0.25, -0.2) is 17.5 Å². The van der Waals surface area contributed by atoms with E-state index in [4.69, 9.17) is 4.74 Å². The molecule has 9 heteroatoms. The van der Waals surface area contributed by atoms with Crippen LogP contribution in [-0.4, -0.2) is 74.3 Å². The number of pyridine rings is 1. The number of nitrogens with zero attached hydrogens (tertiary/aromatic N) is 3. The van der Waals surface area contributed by atoms with Gasteiger partial charge in [0, 0.05) is 52.7 Å². The van der Waals surface area contributed by atoms with Gasteiger partial charge in [0.15, 0.2) is 0 Å². The van der Waals surface area contributed by atoms with Crippen LogP contribution < -0.4 is 5.32 Å². The Labute approximate surface area is 149 Å². The topological polar surface area (TPSA) is 91.8 Å². The summed E-state index contributed by atoms with van der Waals surface area (Å²) in [5.74, 6) is -0.130. The summed E-state index contributed by atoms with van der Waals surface area (Å²) in [5, 5.41) is 2.70. The minimum atomic E-state index is -3.33. The third-order valence-corrected chi connectivity index (χ3v) is 5.88. The zero-order chi connectivity index (χ0) is 18.3. The number of aromatic nitrogens is 1. The van der Waals surface area contributed by atoms with Crippen LogP contribution >= 0.6 is 0 Å². The van der Waals surface area contributed by atoms with Crippen molar-refractivity contribution < 1.29 is 17.9 Å². The first-order chi connectivity index (χ1) is 11.9. The molecule has 1 aliphatic heterocycles. The van der Waals surface area contributed by atoms with Crippen LogP contribution in [0.4, 0.5) is 4.79 Å². The molecule has 2 rings (SSSR count). The second kappa shape index (κ2) is 9.12. The SMILES string of the molecule is CN(C)S(=O)(=O)CCNC(=O)N(Cc1ccncc1)CC1CCCO1. The molecule has 0 aromatic carbocycles. The van der Waals surface area contributed by atoms with E-state index in [-0.39, 0.29) is 24.4 Å². The zero-order valence-corrected chi connectivity index (χ0v) is 15.5. The maximum Gasteiger partial charge on any atom is 0.317 e. The maximum atomic E-state index is 12.5. The monoisotopic (exact) mass is 370 g/mol. The standard InChI is InChI=1S/C16H26N4O4S/c1-19(2)25(22,23)11-9-18-16(21)20(13-15-4-3-10-24-15)12-14-5-7-17-8-6-14/h5-8,15H,3-4,9-13H2,1-2H3,(H,18,21). The van der Waals surface area contributed by atoms with Gasteiger partial charge in [-0.05, 0) is 30.5 Å². The highest BCUT2D eigenvalue weighted by Gasteiger charge is 2.23. The summed E-state index contributed by atoms with van der Waals surface area (Å²) < 4.78 is 30.3. The quantitative estimate of drug-likeness (QED) is 0.726. The van der Waals surface area contributed by atoms with Crippen LogP contribution in [0, 0.1) is 0 Å². The fourth-order valence-corrected chi connectivity index (χ4v) is 3.27. The van der Waals surface area contributed by atoms with E-state index < -0.39 is 10.0 Å². The molecule has 1 atom stereocenters. The fourth-order valence-electron chi connectivity index (χ4n) is 2.54. The van der Waals surface area contributed by atoms with E-state index in [1.807, 2.05) is 12.1 Å².